The zero-order valence-electron chi connectivity index (χ0n) is 12.4. The van der Waals surface area contributed by atoms with Crippen molar-refractivity contribution >= 4 is 23.4 Å². The minimum absolute atomic E-state index is 0.00290. The predicted molar refractivity (Wildman–Crippen MR) is 86.7 cm³/mol. The summed E-state index contributed by atoms with van der Waals surface area (Å²) < 4.78 is 0. The lowest BCUT2D eigenvalue weighted by Crippen LogP contribution is -2.08. The van der Waals surface area contributed by atoms with Crippen LogP contribution in [-0.4, -0.2) is 10.8 Å². The number of nitrogens with zero attached hydrogens (tertiary/aromatic N) is 1. The van der Waals surface area contributed by atoms with E-state index in [1.54, 1.807) is 18.2 Å². The Morgan fingerprint density at radius 3 is 2.45 bits per heavy atom. The number of anilines is 1. The highest BCUT2D eigenvalue weighted by Crippen LogP contribution is 2.15. The summed E-state index contributed by atoms with van der Waals surface area (Å²) in [6.07, 6.45) is 2.90. The number of benzene rings is 2. The van der Waals surface area contributed by atoms with Gasteiger partial charge in [-0.05, 0) is 48.7 Å². The molecule has 0 aliphatic carbocycles. The Balaban J connectivity index is 2.08. The molecule has 22 heavy (non-hydrogen) atoms. The molecule has 0 unspecified atom stereocenters. The van der Waals surface area contributed by atoms with Crippen LogP contribution in [0.25, 0.3) is 6.08 Å². The summed E-state index contributed by atoms with van der Waals surface area (Å²) >= 11 is 0. The van der Waals surface area contributed by atoms with E-state index in [1.165, 1.54) is 18.2 Å². The molecule has 0 atom stereocenters. The molecular formula is C17H16N2O3. The minimum Gasteiger partial charge on any atom is -0.322 e. The normalized spacial score (nSPS) is 10.6. The molecule has 0 saturated heterocycles. The first kappa shape index (κ1) is 15.4. The number of carbonyl (C=O) groups excluding carboxylic acids is 1. The Kier molecular flexibility index (Phi) is 4.68. The van der Waals surface area contributed by atoms with Crippen LogP contribution < -0.4 is 5.32 Å². The summed E-state index contributed by atoms with van der Waals surface area (Å²) in [7, 11) is 0. The van der Waals surface area contributed by atoms with E-state index < -0.39 is 4.92 Å². The lowest BCUT2D eigenvalue weighted by atomic mass is 10.1. The van der Waals surface area contributed by atoms with Gasteiger partial charge in [0.25, 0.3) is 5.69 Å². The van der Waals surface area contributed by atoms with Crippen LogP contribution in [0.4, 0.5) is 11.4 Å². The van der Waals surface area contributed by atoms with Gasteiger partial charge in [0.1, 0.15) is 0 Å². The number of rotatable bonds is 4. The number of amides is 1. The summed E-state index contributed by atoms with van der Waals surface area (Å²) in [6, 6.07) is 11.9. The maximum Gasteiger partial charge on any atom is 0.270 e. The monoisotopic (exact) mass is 296 g/mol. The Bertz CT molecular complexity index is 731. The standard InChI is InChI=1S/C17H16N2O3/c1-12-8-13(2)10-15(9-12)18-17(20)7-6-14-4-3-5-16(11-14)19(21)22/h3-11H,1-2H3,(H,18,20). The van der Waals surface area contributed by atoms with Crippen molar-refractivity contribution in [2.75, 3.05) is 5.32 Å². The highest BCUT2D eigenvalue weighted by Gasteiger charge is 2.04. The molecule has 0 radical (unpaired) electrons. The van der Waals surface area contributed by atoms with Crippen molar-refractivity contribution in [3.8, 4) is 0 Å². The van der Waals surface area contributed by atoms with Crippen LogP contribution in [0.15, 0.2) is 48.5 Å². The molecule has 0 aliphatic rings. The van der Waals surface area contributed by atoms with E-state index in [9.17, 15) is 14.9 Å². The van der Waals surface area contributed by atoms with Gasteiger partial charge in [0.2, 0.25) is 5.91 Å². The van der Waals surface area contributed by atoms with Crippen molar-refractivity contribution in [1.82, 2.24) is 0 Å². The van der Waals surface area contributed by atoms with Crippen LogP contribution in [-0.2, 0) is 4.79 Å². The molecule has 1 amide bonds. The van der Waals surface area contributed by atoms with E-state index in [0.717, 1.165) is 16.8 Å². The average molecular weight is 296 g/mol. The number of nitrogens with one attached hydrogen (secondary N) is 1. The summed E-state index contributed by atoms with van der Waals surface area (Å²) in [6.45, 7) is 3.92. The zero-order chi connectivity index (χ0) is 16.1. The summed E-state index contributed by atoms with van der Waals surface area (Å²) in [5.74, 6) is -0.281. The molecule has 0 bridgehead atoms. The van der Waals surface area contributed by atoms with Crippen molar-refractivity contribution in [2.45, 2.75) is 13.8 Å². The quantitative estimate of drug-likeness (QED) is 0.529. The second-order valence-corrected chi connectivity index (χ2v) is 5.05. The van der Waals surface area contributed by atoms with Gasteiger partial charge in [0, 0.05) is 23.9 Å². The first-order valence-electron chi connectivity index (χ1n) is 6.76. The number of non-ortho nitro benzene ring substituents is 1. The Hall–Kier alpha value is -2.95. The lowest BCUT2D eigenvalue weighted by molar-refractivity contribution is -0.384. The molecule has 0 fully saturated rings. The van der Waals surface area contributed by atoms with E-state index in [1.807, 2.05) is 32.0 Å². The Morgan fingerprint density at radius 1 is 1.14 bits per heavy atom. The van der Waals surface area contributed by atoms with Gasteiger partial charge >= 0.3 is 0 Å². The fraction of sp³-hybridized carbons (Fsp3) is 0.118. The van der Waals surface area contributed by atoms with Gasteiger partial charge in [0.05, 0.1) is 4.92 Å². The topological polar surface area (TPSA) is 72.2 Å². The van der Waals surface area contributed by atoms with Crippen molar-refractivity contribution in [2.24, 2.45) is 0 Å². The molecule has 0 spiro atoms. The molecule has 112 valence electrons. The molecule has 0 saturated carbocycles. The highest BCUT2D eigenvalue weighted by molar-refractivity contribution is 6.02. The number of hydrogen-bond donors (Lipinski definition) is 1. The third-order valence-electron chi connectivity index (χ3n) is 3.00. The van der Waals surface area contributed by atoms with Crippen LogP contribution in [0.3, 0.4) is 0 Å². The van der Waals surface area contributed by atoms with Crippen LogP contribution in [0, 0.1) is 24.0 Å². The fourth-order valence-corrected chi connectivity index (χ4v) is 2.14. The maximum absolute atomic E-state index is 11.9. The predicted octanol–water partition coefficient (Wildman–Crippen LogP) is 3.86. The van der Waals surface area contributed by atoms with Crippen LogP contribution in [0.2, 0.25) is 0 Å². The van der Waals surface area contributed by atoms with Crippen molar-refractivity contribution < 1.29 is 9.72 Å². The van der Waals surface area contributed by atoms with Crippen LogP contribution in [0.1, 0.15) is 16.7 Å². The van der Waals surface area contributed by atoms with Gasteiger partial charge in [-0.15, -0.1) is 0 Å². The first-order valence-corrected chi connectivity index (χ1v) is 6.76. The molecule has 1 N–H and O–H groups in total. The molecule has 0 aromatic heterocycles. The molecule has 2 aromatic rings. The lowest BCUT2D eigenvalue weighted by Gasteiger charge is -2.05. The van der Waals surface area contributed by atoms with Gasteiger partial charge in [-0.1, -0.05) is 18.2 Å². The third kappa shape index (κ3) is 4.28. The number of hydrogen-bond acceptors (Lipinski definition) is 3. The molecule has 2 aromatic carbocycles. The second-order valence-electron chi connectivity index (χ2n) is 5.05. The van der Waals surface area contributed by atoms with E-state index in [4.69, 9.17) is 0 Å². The zero-order valence-corrected chi connectivity index (χ0v) is 12.4. The number of carbonyl (C=O) groups is 1. The summed E-state index contributed by atoms with van der Waals surface area (Å²) in [5.41, 5.74) is 3.46. The number of nitro benzene ring substituents is 1. The Morgan fingerprint density at radius 2 is 1.82 bits per heavy atom. The van der Waals surface area contributed by atoms with Crippen LogP contribution >= 0.6 is 0 Å². The first-order chi connectivity index (χ1) is 10.4. The third-order valence-corrected chi connectivity index (χ3v) is 3.00. The largest absolute Gasteiger partial charge is 0.322 e. The molecule has 2 rings (SSSR count). The Labute approximate surface area is 128 Å². The van der Waals surface area contributed by atoms with Crippen molar-refractivity contribution in [1.29, 1.82) is 0 Å². The molecule has 0 aliphatic heterocycles. The fourth-order valence-electron chi connectivity index (χ4n) is 2.14. The second kappa shape index (κ2) is 6.67. The number of aryl methyl sites for hydroxylation is 2. The van der Waals surface area contributed by atoms with Crippen molar-refractivity contribution in [3.05, 3.63) is 75.3 Å². The van der Waals surface area contributed by atoms with Crippen molar-refractivity contribution in [3.63, 3.8) is 0 Å². The van der Waals surface area contributed by atoms with Gasteiger partial charge < -0.3 is 5.32 Å². The van der Waals surface area contributed by atoms with E-state index in [0.29, 0.717) is 5.56 Å². The molecule has 0 heterocycles. The summed E-state index contributed by atoms with van der Waals surface area (Å²) in [4.78, 5) is 22.1. The molecular weight excluding hydrogens is 280 g/mol. The van der Waals surface area contributed by atoms with Gasteiger partial charge in [-0.2, -0.15) is 0 Å². The molecule has 5 heteroatoms. The average Bonchev–Trinajstić information content (AvgIpc) is 2.44. The van der Waals surface area contributed by atoms with Gasteiger partial charge in [0.15, 0.2) is 0 Å². The minimum atomic E-state index is -0.465. The smallest absolute Gasteiger partial charge is 0.270 e. The SMILES string of the molecule is Cc1cc(C)cc(NC(=O)C=Cc2cccc([N+](=O)[O-])c2)c1. The van der Waals surface area contributed by atoms with E-state index in [2.05, 4.69) is 5.32 Å². The molecule has 5 nitrogen and oxygen atoms in total. The van der Waals surface area contributed by atoms with Gasteiger partial charge in [-0.3, -0.25) is 14.9 Å². The number of nitro groups is 1. The van der Waals surface area contributed by atoms with E-state index in [-0.39, 0.29) is 11.6 Å². The maximum atomic E-state index is 11.9. The summed E-state index contributed by atoms with van der Waals surface area (Å²) in [5, 5.41) is 13.5. The van der Waals surface area contributed by atoms with Crippen LogP contribution in [0.5, 0.6) is 0 Å². The van der Waals surface area contributed by atoms with Gasteiger partial charge in [-0.25, -0.2) is 0 Å². The highest BCUT2D eigenvalue weighted by atomic mass is 16.6. The van der Waals surface area contributed by atoms with E-state index >= 15 is 0 Å².